The number of hydrogen-bond acceptors (Lipinski definition) is 10. The molecule has 1 amide bonds. The second kappa shape index (κ2) is 49.8. The first-order valence-corrected chi connectivity index (χ1v) is 29.2. The van der Waals surface area contributed by atoms with Gasteiger partial charge in [-0.25, -0.2) is 18.3 Å². The first-order valence-electron chi connectivity index (χ1n) is 29.2. The molecule has 0 aliphatic carbocycles. The van der Waals surface area contributed by atoms with Gasteiger partial charge in [0.25, 0.3) is 5.91 Å². The molecule has 4 aromatic heterocycles. The van der Waals surface area contributed by atoms with E-state index in [-0.39, 0.29) is 102 Å². The third kappa shape index (κ3) is 30.8. The van der Waals surface area contributed by atoms with E-state index in [1.165, 1.54) is 0 Å². The normalized spacial score (nSPS) is 10.4. The Labute approximate surface area is 585 Å². The van der Waals surface area contributed by atoms with Crippen LogP contribution in [0.5, 0.6) is 0 Å². The number of Topliss-reactive ketones (excluding diaryl/α,β-unsaturated/α-hetero) is 1. The standard InChI is InChI=1S/C37H35N7O2.C25H22N6.4C2H6.4W/c1-29(20-24-43-25-21-34(22-26-43)39-38-32-11-5-3-6-12-32)36(45)30-16-18-31(19-17-30)37(46)42(2)27-28-44-23-10-9-15-35(44)41-40-33-13-7-4-8-14-33;1-3-8-22(9-4-1)26-28-24-12-18-30(19-13-24)16-7-17-31-20-14-25(15-21-31)29-27-23-10-5-2-6-11-23;4*1-2;;;;/h5-19,21-23,25-26,29H,20,24,27-28H2,1-2H3;3-6,8-15,18-21H,7,16-17H2;4*1-2H3;;;;. The predicted octanol–water partition coefficient (Wildman–Crippen LogP) is 17.3. The van der Waals surface area contributed by atoms with E-state index in [2.05, 4.69) is 74.3 Å². The van der Waals surface area contributed by atoms with E-state index in [9.17, 15) is 9.59 Å². The molecule has 0 spiro atoms. The molecule has 0 fully saturated rings. The molecular weight excluding hydrogens is 1790 g/mol. The number of benzene rings is 5. The second-order valence-electron chi connectivity index (χ2n) is 17.7. The predicted molar refractivity (Wildman–Crippen MR) is 336 cm³/mol. The van der Waals surface area contributed by atoms with Crippen molar-refractivity contribution in [1.29, 1.82) is 0 Å². The molecule has 0 aliphatic rings. The molecule has 0 saturated heterocycles. The summed E-state index contributed by atoms with van der Waals surface area (Å²) < 4.78 is 8.28. The van der Waals surface area contributed by atoms with E-state index in [0.717, 1.165) is 59.3 Å². The number of nitrogens with zero attached hydrogens (tertiary/aromatic N) is 13. The maximum atomic E-state index is 13.1. The summed E-state index contributed by atoms with van der Waals surface area (Å²) >= 11 is 0. The minimum atomic E-state index is -0.180. The summed E-state index contributed by atoms with van der Waals surface area (Å²) in [6.45, 7) is 21.5. The van der Waals surface area contributed by atoms with Gasteiger partial charge in [-0.15, -0.1) is 48.5 Å². The van der Waals surface area contributed by atoms with Crippen LogP contribution in [0.3, 0.4) is 0 Å². The average Bonchev–Trinajstić information content (AvgIpc) is 3.37. The maximum Gasteiger partial charge on any atom is 0.350 e. The van der Waals surface area contributed by atoms with Crippen molar-refractivity contribution in [2.75, 3.05) is 13.6 Å². The smallest absolute Gasteiger partial charge is 0.338 e. The molecule has 0 saturated carbocycles. The quantitative estimate of drug-likeness (QED) is 0.0304. The maximum absolute atomic E-state index is 13.1. The SMILES string of the molecule is CC.CC.CC.CC.CC(CC[n+]1ccc(N=Nc2cc[c-]cc2)cc1)C(=O)c1ccc(C(=O)N(C)CC[n+]2ccccc2N=Nc2cc[c-]cc2)cc1.[W].[W].[W].[W].[c-]1ccc(N=Nc2cc[n+](CCC[n+]3ccc(N=Nc4cc[c-]cc4)cc3)cc2)cc1. The molecule has 0 aliphatic heterocycles. The van der Waals surface area contributed by atoms with Gasteiger partial charge < -0.3 is 4.90 Å². The van der Waals surface area contributed by atoms with E-state index in [4.69, 9.17) is 0 Å². The van der Waals surface area contributed by atoms with Crippen molar-refractivity contribution < 1.29 is 112 Å². The minimum Gasteiger partial charge on any atom is -0.338 e. The molecule has 5 aromatic carbocycles. The van der Waals surface area contributed by atoms with E-state index in [1.807, 2.05) is 242 Å². The molecule has 4 heterocycles. The Bertz CT molecular complexity index is 3290. The van der Waals surface area contributed by atoms with Crippen LogP contribution >= 0.6 is 0 Å². The van der Waals surface area contributed by atoms with Crippen LogP contribution in [0, 0.1) is 30.2 Å². The van der Waals surface area contributed by atoms with Gasteiger partial charge >= 0.3 is 5.82 Å². The average molecular weight is 1870 g/mol. The summed E-state index contributed by atoms with van der Waals surface area (Å²) in [5.41, 5.74) is 6.68. The topological polar surface area (TPSA) is 152 Å². The second-order valence-corrected chi connectivity index (χ2v) is 17.7. The Kier molecular flexibility index (Phi) is 45.9. The van der Waals surface area contributed by atoms with Crippen molar-refractivity contribution in [2.45, 2.75) is 101 Å². The van der Waals surface area contributed by atoms with Crippen LogP contribution in [-0.4, -0.2) is 30.2 Å². The number of amides is 1. The third-order valence-corrected chi connectivity index (χ3v) is 12.0. The van der Waals surface area contributed by atoms with Gasteiger partial charge in [0.05, 0.1) is 41.3 Å². The first-order chi connectivity index (χ1) is 41.8. The van der Waals surface area contributed by atoms with Crippen molar-refractivity contribution in [3.63, 3.8) is 0 Å². The number of hydrogen-bond donors (Lipinski definition) is 0. The van der Waals surface area contributed by atoms with Gasteiger partial charge in [-0.2, -0.15) is 103 Å². The van der Waals surface area contributed by atoms with Gasteiger partial charge in [0, 0.05) is 163 Å². The Morgan fingerprint density at radius 2 is 0.708 bits per heavy atom. The number of ketones is 1. The van der Waals surface area contributed by atoms with Crippen LogP contribution < -0.4 is 18.3 Å². The molecule has 1 atom stereocenters. The number of aryl methyl sites for hydroxylation is 3. The molecule has 0 N–H and O–H groups in total. The molecule has 9 rings (SSSR count). The van der Waals surface area contributed by atoms with Crippen molar-refractivity contribution >= 4 is 57.3 Å². The van der Waals surface area contributed by atoms with Gasteiger partial charge in [0.1, 0.15) is 13.1 Å². The van der Waals surface area contributed by atoms with Crippen LogP contribution in [0.2, 0.25) is 0 Å². The van der Waals surface area contributed by atoms with Gasteiger partial charge in [-0.3, -0.25) is 9.59 Å². The summed E-state index contributed by atoms with van der Waals surface area (Å²) in [6.07, 6.45) is 15.6. The Hall–Kier alpha value is -7.01. The minimum absolute atomic E-state index is 0. The van der Waals surface area contributed by atoms with Gasteiger partial charge in [-0.1, -0.05) is 85.6 Å². The largest absolute Gasteiger partial charge is 0.350 e. The zero-order chi connectivity index (χ0) is 61.3. The van der Waals surface area contributed by atoms with E-state index < -0.39 is 0 Å². The molecule has 0 radical (unpaired) electrons. The van der Waals surface area contributed by atoms with E-state index in [0.29, 0.717) is 43.0 Å². The first kappa shape index (κ1) is 82.0. The van der Waals surface area contributed by atoms with Crippen molar-refractivity contribution in [2.24, 2.45) is 46.8 Å². The molecule has 462 valence electrons. The Balaban J connectivity index is 0.00000158. The molecule has 19 heteroatoms. The zero-order valence-corrected chi connectivity index (χ0v) is 64.3. The summed E-state index contributed by atoms with van der Waals surface area (Å²) in [6, 6.07) is 65.5. The Morgan fingerprint density at radius 3 is 1.07 bits per heavy atom. The molecule has 15 nitrogen and oxygen atoms in total. The number of likely N-dealkylation sites (N-methyl/N-ethyl adjacent to an activating group) is 1. The Morgan fingerprint density at radius 1 is 0.393 bits per heavy atom. The number of carbonyl (C=O) groups excluding carboxylic acids is 2. The third-order valence-electron chi connectivity index (χ3n) is 12.0. The fourth-order valence-electron chi connectivity index (χ4n) is 7.53. The van der Waals surface area contributed by atoms with Crippen LogP contribution in [0.15, 0.2) is 260 Å². The summed E-state index contributed by atoms with van der Waals surface area (Å²) in [5.74, 6) is 0.441. The summed E-state index contributed by atoms with van der Waals surface area (Å²) in [5, 5.41) is 34.1. The van der Waals surface area contributed by atoms with Crippen LogP contribution in [-0.2, 0) is 110 Å². The van der Waals surface area contributed by atoms with E-state index >= 15 is 0 Å². The number of aromatic nitrogens is 4. The summed E-state index contributed by atoms with van der Waals surface area (Å²) in [7, 11) is 1.77. The summed E-state index contributed by atoms with van der Waals surface area (Å²) in [4.78, 5) is 27.9. The van der Waals surface area contributed by atoms with Crippen molar-refractivity contribution in [3.05, 3.63) is 255 Å². The fraction of sp³-hybridized carbons (Fsp3) is 0.257. The van der Waals surface area contributed by atoms with Gasteiger partial charge in [0.2, 0.25) is 0 Å². The van der Waals surface area contributed by atoms with Crippen molar-refractivity contribution in [1.82, 2.24) is 4.90 Å². The number of pyridine rings is 4. The zero-order valence-electron chi connectivity index (χ0n) is 52.6. The van der Waals surface area contributed by atoms with Crippen molar-refractivity contribution in [3.8, 4) is 0 Å². The number of azo groups is 4. The van der Waals surface area contributed by atoms with Crippen LogP contribution in [0.1, 0.15) is 95.9 Å². The van der Waals surface area contributed by atoms with Gasteiger partial charge in [-0.05, 0) is 35.3 Å². The van der Waals surface area contributed by atoms with Gasteiger partial charge in [0.15, 0.2) is 56.1 Å². The monoisotopic (exact) mass is 1870 g/mol. The fourth-order valence-corrected chi connectivity index (χ4v) is 7.53. The van der Waals surface area contributed by atoms with Crippen LogP contribution in [0.25, 0.3) is 0 Å². The number of carbonyl (C=O) groups is 2. The molecule has 9 aromatic rings. The molecular formula is C70H81N13O2W4. The van der Waals surface area contributed by atoms with E-state index in [1.54, 1.807) is 60.5 Å². The molecule has 1 unspecified atom stereocenters. The molecule has 0 bridgehead atoms. The van der Waals surface area contributed by atoms with Crippen LogP contribution in [0.4, 0.5) is 45.6 Å². The number of rotatable bonds is 21. The molecule has 89 heavy (non-hydrogen) atoms.